The van der Waals surface area contributed by atoms with Crippen LogP contribution in [0.5, 0.6) is 5.75 Å². The van der Waals surface area contributed by atoms with E-state index in [9.17, 15) is 18.0 Å². The lowest BCUT2D eigenvalue weighted by Gasteiger charge is -2.33. The van der Waals surface area contributed by atoms with Crippen molar-refractivity contribution in [2.75, 3.05) is 23.7 Å². The molecule has 1 N–H and O–H groups in total. The van der Waals surface area contributed by atoms with Crippen molar-refractivity contribution in [3.8, 4) is 5.75 Å². The number of rotatable bonds is 15. The first kappa shape index (κ1) is 33.3. The van der Waals surface area contributed by atoms with Gasteiger partial charge >= 0.3 is 0 Å². The van der Waals surface area contributed by atoms with Gasteiger partial charge in [-0.2, -0.15) is 0 Å². The van der Waals surface area contributed by atoms with Crippen LogP contribution in [0.3, 0.4) is 0 Å². The molecule has 2 amide bonds. The minimum Gasteiger partial charge on any atom is -0.494 e. The largest absolute Gasteiger partial charge is 0.494 e. The number of benzene rings is 3. The zero-order valence-corrected chi connectivity index (χ0v) is 27.0. The minimum atomic E-state index is -3.61. The molecule has 1 saturated carbocycles. The molecule has 0 unspecified atom stereocenters. The van der Waals surface area contributed by atoms with Gasteiger partial charge in [-0.25, -0.2) is 8.42 Å². The number of nitrogens with zero attached hydrogens (tertiary/aromatic N) is 2. The number of carbonyl (C=O) groups is 2. The van der Waals surface area contributed by atoms with Crippen molar-refractivity contribution in [2.45, 2.75) is 70.5 Å². The van der Waals surface area contributed by atoms with E-state index in [1.54, 1.807) is 41.3 Å². The van der Waals surface area contributed by atoms with Crippen LogP contribution >= 0.6 is 11.6 Å². The van der Waals surface area contributed by atoms with Crippen molar-refractivity contribution in [1.29, 1.82) is 0 Å². The van der Waals surface area contributed by atoms with Gasteiger partial charge in [-0.1, -0.05) is 66.9 Å². The van der Waals surface area contributed by atoms with Crippen LogP contribution in [0.1, 0.15) is 56.6 Å². The second-order valence-corrected chi connectivity index (χ2v) is 13.6. The number of amides is 2. The third kappa shape index (κ3) is 9.72. The van der Waals surface area contributed by atoms with Crippen molar-refractivity contribution < 1.29 is 22.7 Å². The first-order valence-corrected chi connectivity index (χ1v) is 17.5. The molecular formula is C34H42ClN3O5S. The summed E-state index contributed by atoms with van der Waals surface area (Å²) in [6, 6.07) is 23.2. The molecule has 0 saturated heterocycles. The predicted octanol–water partition coefficient (Wildman–Crippen LogP) is 5.98. The van der Waals surface area contributed by atoms with Gasteiger partial charge < -0.3 is 15.0 Å². The molecule has 1 aliphatic rings. The molecule has 8 nitrogen and oxygen atoms in total. The Bertz CT molecular complexity index is 1480. The van der Waals surface area contributed by atoms with Gasteiger partial charge in [-0.3, -0.25) is 13.9 Å². The number of nitrogens with one attached hydrogen (secondary N) is 1. The van der Waals surface area contributed by atoms with Crippen LogP contribution in [-0.4, -0.2) is 56.6 Å². The molecule has 0 spiro atoms. The van der Waals surface area contributed by atoms with Crippen LogP contribution in [-0.2, 0) is 32.6 Å². The van der Waals surface area contributed by atoms with E-state index in [0.29, 0.717) is 29.5 Å². The Morgan fingerprint density at radius 1 is 0.977 bits per heavy atom. The second-order valence-electron chi connectivity index (χ2n) is 11.2. The summed E-state index contributed by atoms with van der Waals surface area (Å²) in [4.78, 5) is 29.5. The van der Waals surface area contributed by atoms with Crippen LogP contribution in [0.2, 0.25) is 5.02 Å². The number of hydrogen-bond donors (Lipinski definition) is 1. The van der Waals surface area contributed by atoms with Crippen molar-refractivity contribution in [2.24, 2.45) is 0 Å². The van der Waals surface area contributed by atoms with Crippen molar-refractivity contribution in [3.05, 3.63) is 95.0 Å². The van der Waals surface area contributed by atoms with Crippen LogP contribution in [0.15, 0.2) is 78.9 Å². The van der Waals surface area contributed by atoms with E-state index in [1.807, 2.05) is 49.4 Å². The fourth-order valence-corrected chi connectivity index (χ4v) is 6.81. The molecule has 1 atom stereocenters. The van der Waals surface area contributed by atoms with Crippen molar-refractivity contribution in [1.82, 2.24) is 10.2 Å². The predicted molar refractivity (Wildman–Crippen MR) is 175 cm³/mol. The summed E-state index contributed by atoms with van der Waals surface area (Å²) in [5.74, 6) is 0.243. The highest BCUT2D eigenvalue weighted by Crippen LogP contribution is 2.24. The normalized spacial score (nSPS) is 14.2. The minimum absolute atomic E-state index is 0.0611. The monoisotopic (exact) mass is 639 g/mol. The molecule has 44 heavy (non-hydrogen) atoms. The standard InChI is InChI=1S/C34H42ClN3O5S/c1-3-43-31-20-18-30(19-21-31)38(44(2,41)42)22-10-17-33(39)37(25-27-13-9-14-28(35)23-27)32(24-26-11-5-4-6-12-26)34(40)36-29-15-7-8-16-29/h4-6,9,11-14,18-21,23,29,32H,3,7-8,10,15-17,22,24-25H2,1-2H3,(H,36,40)/t32-/m1/s1. The molecule has 3 aromatic carbocycles. The van der Waals surface area contributed by atoms with Gasteiger partial charge in [0.25, 0.3) is 0 Å². The number of ether oxygens (including phenoxy) is 1. The van der Waals surface area contributed by atoms with E-state index in [-0.39, 0.29) is 43.8 Å². The highest BCUT2D eigenvalue weighted by molar-refractivity contribution is 7.92. The smallest absolute Gasteiger partial charge is 0.243 e. The van der Waals surface area contributed by atoms with E-state index < -0.39 is 16.1 Å². The van der Waals surface area contributed by atoms with E-state index in [1.165, 1.54) is 4.31 Å². The average molecular weight is 640 g/mol. The molecule has 0 aromatic heterocycles. The number of sulfonamides is 1. The molecule has 0 radical (unpaired) electrons. The summed E-state index contributed by atoms with van der Waals surface area (Å²) in [5.41, 5.74) is 2.25. The number of hydrogen-bond acceptors (Lipinski definition) is 5. The molecule has 236 valence electrons. The van der Waals surface area contributed by atoms with E-state index >= 15 is 0 Å². The zero-order valence-electron chi connectivity index (χ0n) is 25.5. The lowest BCUT2D eigenvalue weighted by molar-refractivity contribution is -0.141. The molecule has 0 bridgehead atoms. The first-order chi connectivity index (χ1) is 21.1. The molecule has 10 heteroatoms. The lowest BCUT2D eigenvalue weighted by Crippen LogP contribution is -2.52. The fraction of sp³-hybridized carbons (Fsp3) is 0.412. The van der Waals surface area contributed by atoms with Crippen LogP contribution in [0, 0.1) is 0 Å². The molecule has 1 fully saturated rings. The van der Waals surface area contributed by atoms with Gasteiger partial charge in [-0.15, -0.1) is 0 Å². The summed E-state index contributed by atoms with van der Waals surface area (Å²) in [7, 11) is -3.61. The van der Waals surface area contributed by atoms with Gasteiger partial charge in [0, 0.05) is 37.0 Å². The van der Waals surface area contributed by atoms with Crippen molar-refractivity contribution in [3.63, 3.8) is 0 Å². The maximum Gasteiger partial charge on any atom is 0.243 e. The molecule has 4 rings (SSSR count). The third-order valence-electron chi connectivity index (χ3n) is 7.80. The van der Waals surface area contributed by atoms with Crippen LogP contribution in [0.4, 0.5) is 5.69 Å². The number of carbonyl (C=O) groups excluding carboxylic acids is 2. The topological polar surface area (TPSA) is 96.0 Å². The Morgan fingerprint density at radius 2 is 1.66 bits per heavy atom. The van der Waals surface area contributed by atoms with Gasteiger partial charge in [0.15, 0.2) is 0 Å². The summed E-state index contributed by atoms with van der Waals surface area (Å²) < 4.78 is 32.2. The quantitative estimate of drug-likeness (QED) is 0.221. The Labute approximate surface area is 266 Å². The SMILES string of the molecule is CCOc1ccc(N(CCCC(=O)N(Cc2cccc(Cl)c2)[C@H](Cc2ccccc2)C(=O)NC2CCCC2)S(C)(=O)=O)cc1. The Balaban J connectivity index is 1.57. The van der Waals surface area contributed by atoms with E-state index in [0.717, 1.165) is 43.1 Å². The third-order valence-corrected chi connectivity index (χ3v) is 9.23. The summed E-state index contributed by atoms with van der Waals surface area (Å²) in [6.07, 6.45) is 5.85. The molecule has 0 aliphatic heterocycles. The molecule has 0 heterocycles. The highest BCUT2D eigenvalue weighted by Gasteiger charge is 2.32. The first-order valence-electron chi connectivity index (χ1n) is 15.2. The van der Waals surface area contributed by atoms with Gasteiger partial charge in [0.2, 0.25) is 21.8 Å². The van der Waals surface area contributed by atoms with Gasteiger partial charge in [0.05, 0.1) is 18.6 Å². The Morgan fingerprint density at radius 3 is 2.30 bits per heavy atom. The molecule has 1 aliphatic carbocycles. The zero-order chi connectivity index (χ0) is 31.5. The maximum absolute atomic E-state index is 14.0. The average Bonchev–Trinajstić information content (AvgIpc) is 3.51. The molecule has 3 aromatic rings. The number of anilines is 1. The van der Waals surface area contributed by atoms with Gasteiger partial charge in [0.1, 0.15) is 11.8 Å². The summed E-state index contributed by atoms with van der Waals surface area (Å²) in [5, 5.41) is 3.75. The fourth-order valence-electron chi connectivity index (χ4n) is 5.63. The number of halogens is 1. The highest BCUT2D eigenvalue weighted by atomic mass is 35.5. The molecular weight excluding hydrogens is 598 g/mol. The van der Waals surface area contributed by atoms with Crippen LogP contribution in [0.25, 0.3) is 0 Å². The Hall–Kier alpha value is -3.56. The lowest BCUT2D eigenvalue weighted by atomic mass is 10.0. The van der Waals surface area contributed by atoms with E-state index in [4.69, 9.17) is 16.3 Å². The second kappa shape index (κ2) is 16.0. The van der Waals surface area contributed by atoms with E-state index in [2.05, 4.69) is 5.32 Å². The Kier molecular flexibility index (Phi) is 12.1. The summed E-state index contributed by atoms with van der Waals surface area (Å²) >= 11 is 6.29. The van der Waals surface area contributed by atoms with Gasteiger partial charge in [-0.05, 0) is 73.7 Å². The van der Waals surface area contributed by atoms with Crippen molar-refractivity contribution >= 4 is 39.1 Å². The summed E-state index contributed by atoms with van der Waals surface area (Å²) in [6.45, 7) is 2.70. The maximum atomic E-state index is 14.0. The van der Waals surface area contributed by atoms with Crippen LogP contribution < -0.4 is 14.4 Å².